The first-order valence-electron chi connectivity index (χ1n) is 9.64. The normalized spacial score (nSPS) is 17.6. The third-order valence-corrected chi connectivity index (χ3v) is 5.36. The number of phenols is 1. The molecule has 0 spiro atoms. The van der Waals surface area contributed by atoms with E-state index in [9.17, 15) is 5.11 Å². The van der Waals surface area contributed by atoms with E-state index < -0.39 is 0 Å². The van der Waals surface area contributed by atoms with Crippen molar-refractivity contribution in [3.8, 4) is 22.8 Å². The molecule has 3 aromatic rings. The molecule has 0 bridgehead atoms. The largest absolute Gasteiger partial charge is 0.507 e. The molecule has 2 N–H and O–H groups in total. The summed E-state index contributed by atoms with van der Waals surface area (Å²) in [6.45, 7) is 4.07. The molecular formula is C22H26N4O2. The fourth-order valence-electron chi connectivity index (χ4n) is 3.89. The van der Waals surface area contributed by atoms with Gasteiger partial charge in [-0.3, -0.25) is 0 Å². The van der Waals surface area contributed by atoms with Crippen LogP contribution in [0, 0.1) is 6.92 Å². The van der Waals surface area contributed by atoms with Crippen LogP contribution in [-0.4, -0.2) is 53.5 Å². The monoisotopic (exact) mass is 378 g/mol. The Labute approximate surface area is 165 Å². The summed E-state index contributed by atoms with van der Waals surface area (Å²) in [6.07, 6.45) is 2.28. The molecule has 1 aliphatic heterocycles. The summed E-state index contributed by atoms with van der Waals surface area (Å²) in [5.41, 5.74) is 2.31. The van der Waals surface area contributed by atoms with Gasteiger partial charge in [-0.15, -0.1) is 10.2 Å². The topological polar surface area (TPSA) is 70.5 Å². The minimum absolute atomic E-state index is 0.202. The number of anilines is 1. The summed E-state index contributed by atoms with van der Waals surface area (Å²) in [5.74, 6) is 1.72. The number of nitrogens with zero attached hydrogens (tertiary/aromatic N) is 3. The van der Waals surface area contributed by atoms with Crippen LogP contribution in [0.15, 0.2) is 36.4 Å². The van der Waals surface area contributed by atoms with Crippen LogP contribution in [-0.2, 0) is 0 Å². The minimum Gasteiger partial charge on any atom is -0.507 e. The first kappa shape index (κ1) is 18.5. The SMILES string of the molecule is COc1ccc2c(N[C@@H]3CCCN(C)C3)nnc(-c3ccc(C)cc3O)c2c1. The Morgan fingerprint density at radius 3 is 2.75 bits per heavy atom. The van der Waals surface area contributed by atoms with Crippen LogP contribution in [0.5, 0.6) is 11.5 Å². The maximum absolute atomic E-state index is 10.5. The lowest BCUT2D eigenvalue weighted by atomic mass is 10.0. The Balaban J connectivity index is 1.81. The molecule has 2 heterocycles. The van der Waals surface area contributed by atoms with Crippen molar-refractivity contribution in [1.82, 2.24) is 15.1 Å². The van der Waals surface area contributed by atoms with E-state index in [2.05, 4.69) is 27.5 Å². The van der Waals surface area contributed by atoms with Gasteiger partial charge in [0, 0.05) is 28.9 Å². The van der Waals surface area contributed by atoms with Gasteiger partial charge in [0.2, 0.25) is 0 Å². The van der Waals surface area contributed by atoms with Gasteiger partial charge >= 0.3 is 0 Å². The van der Waals surface area contributed by atoms with E-state index in [0.29, 0.717) is 17.3 Å². The molecule has 0 unspecified atom stereocenters. The fourth-order valence-corrected chi connectivity index (χ4v) is 3.89. The number of benzene rings is 2. The van der Waals surface area contributed by atoms with E-state index in [1.165, 1.54) is 6.42 Å². The van der Waals surface area contributed by atoms with E-state index in [-0.39, 0.29) is 5.75 Å². The van der Waals surface area contributed by atoms with Gasteiger partial charge in [-0.25, -0.2) is 0 Å². The molecule has 6 nitrogen and oxygen atoms in total. The van der Waals surface area contributed by atoms with Crippen LogP contribution in [0.4, 0.5) is 5.82 Å². The Morgan fingerprint density at radius 1 is 1.14 bits per heavy atom. The van der Waals surface area contributed by atoms with Crippen molar-refractivity contribution in [3.63, 3.8) is 0 Å². The number of ether oxygens (including phenoxy) is 1. The summed E-state index contributed by atoms with van der Waals surface area (Å²) in [7, 11) is 3.79. The quantitative estimate of drug-likeness (QED) is 0.719. The lowest BCUT2D eigenvalue weighted by molar-refractivity contribution is 0.261. The molecule has 1 atom stereocenters. The zero-order valence-electron chi connectivity index (χ0n) is 16.6. The second-order valence-electron chi connectivity index (χ2n) is 7.58. The summed E-state index contributed by atoms with van der Waals surface area (Å²) < 4.78 is 5.43. The molecule has 146 valence electrons. The average Bonchev–Trinajstić information content (AvgIpc) is 2.68. The number of likely N-dealkylation sites (N-methyl/N-ethyl adjacent to an activating group) is 1. The predicted molar refractivity (Wildman–Crippen MR) is 112 cm³/mol. The molecule has 0 amide bonds. The molecule has 6 heteroatoms. The van der Waals surface area contributed by atoms with Crippen LogP contribution in [0.1, 0.15) is 18.4 Å². The number of hydrogen-bond donors (Lipinski definition) is 2. The highest BCUT2D eigenvalue weighted by atomic mass is 16.5. The van der Waals surface area contributed by atoms with Crippen molar-refractivity contribution in [2.45, 2.75) is 25.8 Å². The van der Waals surface area contributed by atoms with Crippen molar-refractivity contribution >= 4 is 16.6 Å². The number of nitrogens with one attached hydrogen (secondary N) is 1. The zero-order chi connectivity index (χ0) is 19.7. The number of likely N-dealkylation sites (tertiary alicyclic amines) is 1. The van der Waals surface area contributed by atoms with E-state index in [1.807, 2.05) is 37.3 Å². The lowest BCUT2D eigenvalue weighted by Crippen LogP contribution is -2.40. The first-order valence-corrected chi connectivity index (χ1v) is 9.64. The smallest absolute Gasteiger partial charge is 0.156 e. The number of piperidine rings is 1. The second-order valence-corrected chi connectivity index (χ2v) is 7.58. The molecule has 28 heavy (non-hydrogen) atoms. The highest BCUT2D eigenvalue weighted by molar-refractivity contribution is 6.01. The molecule has 1 fully saturated rings. The van der Waals surface area contributed by atoms with Gasteiger partial charge in [-0.05, 0) is 69.3 Å². The van der Waals surface area contributed by atoms with E-state index in [1.54, 1.807) is 13.2 Å². The maximum Gasteiger partial charge on any atom is 0.156 e. The number of aromatic nitrogens is 2. The van der Waals surface area contributed by atoms with Gasteiger partial charge in [0.05, 0.1) is 7.11 Å². The summed E-state index contributed by atoms with van der Waals surface area (Å²) in [5, 5.41) is 24.9. The molecular weight excluding hydrogens is 352 g/mol. The van der Waals surface area contributed by atoms with Crippen LogP contribution in [0.25, 0.3) is 22.0 Å². The number of rotatable bonds is 4. The highest BCUT2D eigenvalue weighted by Crippen LogP contribution is 2.37. The number of phenolic OH excluding ortho intramolecular Hbond substituents is 1. The van der Waals surface area contributed by atoms with Gasteiger partial charge in [-0.1, -0.05) is 6.07 Å². The Hall–Kier alpha value is -2.86. The third-order valence-electron chi connectivity index (χ3n) is 5.36. The van der Waals surface area contributed by atoms with Crippen molar-refractivity contribution in [2.24, 2.45) is 0 Å². The average molecular weight is 378 g/mol. The Bertz CT molecular complexity index is 1010. The van der Waals surface area contributed by atoms with Crippen LogP contribution >= 0.6 is 0 Å². The maximum atomic E-state index is 10.5. The highest BCUT2D eigenvalue weighted by Gasteiger charge is 2.20. The number of aromatic hydroxyl groups is 1. The van der Waals surface area contributed by atoms with E-state index in [0.717, 1.165) is 47.4 Å². The van der Waals surface area contributed by atoms with Crippen molar-refractivity contribution < 1.29 is 9.84 Å². The summed E-state index contributed by atoms with van der Waals surface area (Å²) in [4.78, 5) is 2.33. The number of hydrogen-bond acceptors (Lipinski definition) is 6. The van der Waals surface area contributed by atoms with Crippen molar-refractivity contribution in [2.75, 3.05) is 32.6 Å². The van der Waals surface area contributed by atoms with Crippen LogP contribution in [0.3, 0.4) is 0 Å². The molecule has 0 saturated carbocycles. The van der Waals surface area contributed by atoms with Crippen LogP contribution < -0.4 is 10.1 Å². The second kappa shape index (κ2) is 7.64. The Kier molecular flexibility index (Phi) is 5.05. The van der Waals surface area contributed by atoms with Gasteiger partial charge < -0.3 is 20.1 Å². The van der Waals surface area contributed by atoms with Crippen LogP contribution in [0.2, 0.25) is 0 Å². The van der Waals surface area contributed by atoms with E-state index >= 15 is 0 Å². The number of aryl methyl sites for hydroxylation is 1. The molecule has 4 rings (SSSR count). The van der Waals surface area contributed by atoms with Crippen molar-refractivity contribution in [3.05, 3.63) is 42.0 Å². The number of methoxy groups -OCH3 is 1. The predicted octanol–water partition coefficient (Wildman–Crippen LogP) is 3.83. The van der Waals surface area contributed by atoms with Gasteiger partial charge in [-0.2, -0.15) is 0 Å². The van der Waals surface area contributed by atoms with Gasteiger partial charge in [0.25, 0.3) is 0 Å². The summed E-state index contributed by atoms with van der Waals surface area (Å²) >= 11 is 0. The molecule has 0 aliphatic carbocycles. The fraction of sp³-hybridized carbons (Fsp3) is 0.364. The van der Waals surface area contributed by atoms with Gasteiger partial charge in [0.15, 0.2) is 5.82 Å². The molecule has 2 aromatic carbocycles. The van der Waals surface area contributed by atoms with E-state index in [4.69, 9.17) is 4.74 Å². The number of fused-ring (bicyclic) bond motifs is 1. The third kappa shape index (κ3) is 3.60. The zero-order valence-corrected chi connectivity index (χ0v) is 16.6. The molecule has 1 saturated heterocycles. The Morgan fingerprint density at radius 2 is 2.00 bits per heavy atom. The molecule has 1 aliphatic rings. The lowest BCUT2D eigenvalue weighted by Gasteiger charge is -2.30. The molecule has 0 radical (unpaired) electrons. The minimum atomic E-state index is 0.202. The molecule has 1 aromatic heterocycles. The standard InChI is InChI=1S/C22H26N4O2/c1-14-6-8-18(20(27)11-14)21-19-12-16(28-3)7-9-17(19)22(25-24-21)23-15-5-4-10-26(2)13-15/h6-9,11-12,15,27H,4-5,10,13H2,1-3H3,(H,23,25)/t15-/m1/s1. The first-order chi connectivity index (χ1) is 13.5. The van der Waals surface area contributed by atoms with Crippen molar-refractivity contribution in [1.29, 1.82) is 0 Å². The summed E-state index contributed by atoms with van der Waals surface area (Å²) in [6, 6.07) is 11.8. The van der Waals surface area contributed by atoms with Gasteiger partial charge in [0.1, 0.15) is 17.2 Å².